The molecule has 2 N–H and O–H groups in total. The van der Waals surface area contributed by atoms with Crippen molar-refractivity contribution in [1.29, 1.82) is 0 Å². The molecule has 6 nitrogen and oxygen atoms in total. The molecule has 4 atom stereocenters. The average Bonchev–Trinajstić information content (AvgIpc) is 2.55. The Bertz CT molecular complexity index is 280. The predicted octanol–water partition coefficient (Wildman–Crippen LogP) is -0.578. The van der Waals surface area contributed by atoms with E-state index in [2.05, 4.69) is 0 Å². The first-order valence-electron chi connectivity index (χ1n) is 4.39. The highest BCUT2D eigenvalue weighted by molar-refractivity contribution is 5.86. The van der Waals surface area contributed by atoms with Gasteiger partial charge in [0.2, 0.25) is 0 Å². The Hall–Kier alpha value is -1.72. The molecular weight excluding hydrogens is 204 g/mol. The van der Waals surface area contributed by atoms with Gasteiger partial charge >= 0.3 is 11.9 Å². The standard InChI is InChI=1S/C9H10O6/c10-2-4-1-5(3-11)7(9(14)15)6(4)8(12)13/h2-7H,1H2,(H,12,13)(H,14,15). The van der Waals surface area contributed by atoms with Crippen molar-refractivity contribution in [2.45, 2.75) is 6.42 Å². The fraction of sp³-hybridized carbons (Fsp3) is 0.556. The molecule has 0 radical (unpaired) electrons. The number of aliphatic carboxylic acids is 2. The zero-order chi connectivity index (χ0) is 11.6. The number of carbonyl (C=O) groups is 4. The lowest BCUT2D eigenvalue weighted by atomic mass is 9.88. The maximum absolute atomic E-state index is 10.8. The van der Waals surface area contributed by atoms with Crippen molar-refractivity contribution in [3.8, 4) is 0 Å². The van der Waals surface area contributed by atoms with Crippen LogP contribution in [0.1, 0.15) is 6.42 Å². The number of carboxylic acid groups (broad SMARTS) is 2. The first kappa shape index (κ1) is 11.4. The smallest absolute Gasteiger partial charge is 0.308 e. The Morgan fingerprint density at radius 3 is 1.47 bits per heavy atom. The minimum Gasteiger partial charge on any atom is -0.481 e. The van der Waals surface area contributed by atoms with Crippen molar-refractivity contribution in [3.63, 3.8) is 0 Å². The molecule has 1 rings (SSSR count). The summed E-state index contributed by atoms with van der Waals surface area (Å²) >= 11 is 0. The first-order chi connectivity index (χ1) is 7.02. The van der Waals surface area contributed by atoms with Gasteiger partial charge in [0.05, 0.1) is 11.8 Å². The fourth-order valence-electron chi connectivity index (χ4n) is 2.09. The summed E-state index contributed by atoms with van der Waals surface area (Å²) in [5.74, 6) is -7.06. The van der Waals surface area contributed by atoms with Crippen molar-refractivity contribution in [2.75, 3.05) is 0 Å². The highest BCUT2D eigenvalue weighted by atomic mass is 16.4. The van der Waals surface area contributed by atoms with Gasteiger partial charge in [-0.05, 0) is 6.42 Å². The van der Waals surface area contributed by atoms with Gasteiger partial charge in [-0.15, -0.1) is 0 Å². The topological polar surface area (TPSA) is 109 Å². The molecule has 0 heterocycles. The van der Waals surface area contributed by atoms with Crippen LogP contribution in [0, 0.1) is 23.7 Å². The van der Waals surface area contributed by atoms with E-state index in [4.69, 9.17) is 10.2 Å². The highest BCUT2D eigenvalue weighted by Crippen LogP contribution is 2.40. The number of hydrogen-bond donors (Lipinski definition) is 2. The van der Waals surface area contributed by atoms with E-state index in [1.807, 2.05) is 0 Å². The van der Waals surface area contributed by atoms with Crippen LogP contribution in [0.15, 0.2) is 0 Å². The summed E-state index contributed by atoms with van der Waals surface area (Å²) in [5.41, 5.74) is 0. The normalized spacial score (nSPS) is 34.7. The minimum atomic E-state index is -1.34. The van der Waals surface area contributed by atoms with Crippen molar-refractivity contribution in [3.05, 3.63) is 0 Å². The van der Waals surface area contributed by atoms with Crippen molar-refractivity contribution in [1.82, 2.24) is 0 Å². The summed E-state index contributed by atoms with van der Waals surface area (Å²) in [7, 11) is 0. The molecule has 0 amide bonds. The van der Waals surface area contributed by atoms with E-state index in [1.165, 1.54) is 0 Å². The lowest BCUT2D eigenvalue weighted by Crippen LogP contribution is -2.32. The maximum Gasteiger partial charge on any atom is 0.308 e. The second-order valence-corrected chi connectivity index (χ2v) is 3.56. The van der Waals surface area contributed by atoms with Crippen molar-refractivity contribution < 1.29 is 29.4 Å². The molecule has 15 heavy (non-hydrogen) atoms. The third kappa shape index (κ3) is 1.88. The van der Waals surface area contributed by atoms with Gasteiger partial charge in [-0.2, -0.15) is 0 Å². The summed E-state index contributed by atoms with van der Waals surface area (Å²) in [6, 6.07) is 0. The van der Waals surface area contributed by atoms with Crippen LogP contribution in [0.3, 0.4) is 0 Å². The van der Waals surface area contributed by atoms with E-state index >= 15 is 0 Å². The summed E-state index contributed by atoms with van der Waals surface area (Å²) in [6.45, 7) is 0. The zero-order valence-corrected chi connectivity index (χ0v) is 7.70. The molecule has 0 aliphatic heterocycles. The maximum atomic E-state index is 10.8. The monoisotopic (exact) mass is 214 g/mol. The first-order valence-corrected chi connectivity index (χ1v) is 4.39. The third-order valence-electron chi connectivity index (χ3n) is 2.77. The van der Waals surface area contributed by atoms with Gasteiger partial charge < -0.3 is 19.8 Å². The van der Waals surface area contributed by atoms with Crippen LogP contribution in [0.25, 0.3) is 0 Å². The van der Waals surface area contributed by atoms with Gasteiger partial charge in [-0.1, -0.05) is 0 Å². The highest BCUT2D eigenvalue weighted by Gasteiger charge is 2.50. The molecule has 0 spiro atoms. The molecule has 0 bridgehead atoms. The second kappa shape index (κ2) is 4.20. The van der Waals surface area contributed by atoms with Gasteiger partial charge in [-0.3, -0.25) is 9.59 Å². The number of rotatable bonds is 4. The Labute approximate surface area is 84.9 Å². The molecular formula is C9H10O6. The minimum absolute atomic E-state index is 0.000926. The zero-order valence-electron chi connectivity index (χ0n) is 7.70. The lowest BCUT2D eigenvalue weighted by molar-refractivity contribution is -0.155. The molecule has 4 unspecified atom stereocenters. The number of hydrogen-bond acceptors (Lipinski definition) is 4. The number of carbonyl (C=O) groups excluding carboxylic acids is 2. The molecule has 0 saturated heterocycles. The Balaban J connectivity index is 3.05. The quantitative estimate of drug-likeness (QED) is 0.606. The molecule has 1 fully saturated rings. The molecule has 0 aromatic heterocycles. The van der Waals surface area contributed by atoms with Crippen LogP contribution in [-0.2, 0) is 19.2 Å². The van der Waals surface area contributed by atoms with E-state index in [1.54, 1.807) is 0 Å². The van der Waals surface area contributed by atoms with Crippen LogP contribution >= 0.6 is 0 Å². The van der Waals surface area contributed by atoms with Gasteiger partial charge in [0.15, 0.2) is 0 Å². The van der Waals surface area contributed by atoms with E-state index in [0.29, 0.717) is 12.6 Å². The fourth-order valence-corrected chi connectivity index (χ4v) is 2.09. The SMILES string of the molecule is O=CC1CC(C=O)C(C(=O)O)C1C(=O)O. The Morgan fingerprint density at radius 2 is 1.27 bits per heavy atom. The van der Waals surface area contributed by atoms with Crippen molar-refractivity contribution >= 4 is 24.5 Å². The van der Waals surface area contributed by atoms with Gasteiger partial charge in [0.1, 0.15) is 12.6 Å². The summed E-state index contributed by atoms with van der Waals surface area (Å²) in [4.78, 5) is 42.8. The van der Waals surface area contributed by atoms with Gasteiger partial charge in [-0.25, -0.2) is 0 Å². The van der Waals surface area contributed by atoms with Crippen LogP contribution in [0.2, 0.25) is 0 Å². The van der Waals surface area contributed by atoms with Gasteiger partial charge in [0, 0.05) is 11.8 Å². The lowest BCUT2D eigenvalue weighted by Gasteiger charge is -2.14. The van der Waals surface area contributed by atoms with E-state index in [0.717, 1.165) is 0 Å². The summed E-state index contributed by atoms with van der Waals surface area (Å²) < 4.78 is 0. The van der Waals surface area contributed by atoms with E-state index in [9.17, 15) is 19.2 Å². The average molecular weight is 214 g/mol. The molecule has 1 aliphatic carbocycles. The van der Waals surface area contributed by atoms with E-state index < -0.39 is 35.6 Å². The van der Waals surface area contributed by atoms with E-state index in [-0.39, 0.29) is 6.42 Å². The molecule has 6 heteroatoms. The summed E-state index contributed by atoms with van der Waals surface area (Å²) in [6.07, 6.45) is 0.831. The van der Waals surface area contributed by atoms with Crippen LogP contribution in [0.5, 0.6) is 0 Å². The second-order valence-electron chi connectivity index (χ2n) is 3.56. The van der Waals surface area contributed by atoms with Crippen LogP contribution in [-0.4, -0.2) is 34.7 Å². The number of aldehydes is 2. The van der Waals surface area contributed by atoms with Crippen molar-refractivity contribution in [2.24, 2.45) is 23.7 Å². The Kier molecular flexibility index (Phi) is 3.18. The van der Waals surface area contributed by atoms with Gasteiger partial charge in [0.25, 0.3) is 0 Å². The predicted molar refractivity (Wildman–Crippen MR) is 46.0 cm³/mol. The van der Waals surface area contributed by atoms with Crippen LogP contribution < -0.4 is 0 Å². The Morgan fingerprint density at radius 1 is 0.933 bits per heavy atom. The molecule has 82 valence electrons. The molecule has 0 aromatic carbocycles. The van der Waals surface area contributed by atoms with Crippen LogP contribution in [0.4, 0.5) is 0 Å². The largest absolute Gasteiger partial charge is 0.481 e. The number of carboxylic acids is 2. The molecule has 1 aliphatic rings. The molecule has 0 aromatic rings. The molecule has 1 saturated carbocycles. The third-order valence-corrected chi connectivity index (χ3v) is 2.77. The summed E-state index contributed by atoms with van der Waals surface area (Å²) in [5, 5.41) is 17.6.